The summed E-state index contributed by atoms with van der Waals surface area (Å²) in [5.41, 5.74) is 4.12. The summed E-state index contributed by atoms with van der Waals surface area (Å²) in [5.74, 6) is -0.738. The van der Waals surface area contributed by atoms with E-state index in [2.05, 4.69) is 5.16 Å². The molecule has 4 rings (SSSR count). The third-order valence-corrected chi connectivity index (χ3v) is 5.66. The summed E-state index contributed by atoms with van der Waals surface area (Å²) in [6, 6.07) is 21.1. The molecule has 0 aliphatic carbocycles. The van der Waals surface area contributed by atoms with Crippen LogP contribution in [0.15, 0.2) is 78.0 Å². The van der Waals surface area contributed by atoms with Crippen molar-refractivity contribution in [3.05, 3.63) is 106 Å². The zero-order valence-corrected chi connectivity index (χ0v) is 17.8. The first-order valence-electron chi connectivity index (χ1n) is 10.1. The van der Waals surface area contributed by atoms with Crippen LogP contribution in [0.5, 0.6) is 0 Å². The third-order valence-electron chi connectivity index (χ3n) is 5.29. The monoisotopic (exact) mass is 436 g/mol. The minimum absolute atomic E-state index is 0.282. The molecule has 0 bridgehead atoms. The summed E-state index contributed by atoms with van der Waals surface area (Å²) in [4.78, 5) is 20.5. The standard InChI is InChI=1S/C25H22ClFN2O2/c1-17-7-2-4-11-22(17)24-14-21(31-28-24)16-29(15-19-8-3-5-12-23(19)26)25(30)18-9-6-10-20(27)13-18/h2-13,21H,14-16H2,1H3. The van der Waals surface area contributed by atoms with Gasteiger partial charge < -0.3 is 9.74 Å². The fourth-order valence-corrected chi connectivity index (χ4v) is 3.88. The van der Waals surface area contributed by atoms with Gasteiger partial charge in [0.05, 0.1) is 12.3 Å². The Hall–Kier alpha value is -3.18. The van der Waals surface area contributed by atoms with Gasteiger partial charge in [-0.15, -0.1) is 0 Å². The predicted octanol–water partition coefficient (Wildman–Crippen LogP) is 5.62. The van der Waals surface area contributed by atoms with Crippen LogP contribution in [0.1, 0.15) is 33.5 Å². The van der Waals surface area contributed by atoms with E-state index in [1.54, 1.807) is 17.0 Å². The number of hydrogen-bond acceptors (Lipinski definition) is 3. The molecule has 31 heavy (non-hydrogen) atoms. The lowest BCUT2D eigenvalue weighted by Crippen LogP contribution is -2.37. The first-order chi connectivity index (χ1) is 15.0. The van der Waals surface area contributed by atoms with E-state index in [1.165, 1.54) is 18.2 Å². The van der Waals surface area contributed by atoms with Gasteiger partial charge in [0.25, 0.3) is 5.91 Å². The van der Waals surface area contributed by atoms with Crippen LogP contribution in [0.3, 0.4) is 0 Å². The number of oxime groups is 1. The van der Waals surface area contributed by atoms with Gasteiger partial charge in [-0.25, -0.2) is 4.39 Å². The number of benzene rings is 3. The van der Waals surface area contributed by atoms with E-state index in [9.17, 15) is 9.18 Å². The van der Waals surface area contributed by atoms with E-state index in [0.29, 0.717) is 18.0 Å². The van der Waals surface area contributed by atoms with E-state index >= 15 is 0 Å². The van der Waals surface area contributed by atoms with E-state index in [4.69, 9.17) is 16.4 Å². The van der Waals surface area contributed by atoms with Crippen LogP contribution in [0, 0.1) is 12.7 Å². The smallest absolute Gasteiger partial charge is 0.254 e. The molecule has 1 aliphatic heterocycles. The van der Waals surface area contributed by atoms with Gasteiger partial charge in [0.1, 0.15) is 5.82 Å². The molecule has 3 aromatic carbocycles. The second-order valence-corrected chi connectivity index (χ2v) is 7.98. The van der Waals surface area contributed by atoms with Crippen molar-refractivity contribution in [2.45, 2.75) is 26.0 Å². The number of amides is 1. The molecule has 1 unspecified atom stereocenters. The quantitative estimate of drug-likeness (QED) is 0.503. The Morgan fingerprint density at radius 1 is 1.13 bits per heavy atom. The number of nitrogens with zero attached hydrogens (tertiary/aromatic N) is 2. The summed E-state index contributed by atoms with van der Waals surface area (Å²) < 4.78 is 13.7. The van der Waals surface area contributed by atoms with Crippen molar-refractivity contribution in [1.82, 2.24) is 4.90 Å². The van der Waals surface area contributed by atoms with E-state index < -0.39 is 5.82 Å². The lowest BCUT2D eigenvalue weighted by molar-refractivity contribution is 0.0405. The minimum Gasteiger partial charge on any atom is -0.390 e. The van der Waals surface area contributed by atoms with Crippen molar-refractivity contribution in [3.8, 4) is 0 Å². The molecule has 0 N–H and O–H groups in total. The van der Waals surface area contributed by atoms with Crippen molar-refractivity contribution < 1.29 is 14.0 Å². The largest absolute Gasteiger partial charge is 0.390 e. The molecular weight excluding hydrogens is 415 g/mol. The first kappa shape index (κ1) is 21.1. The summed E-state index contributed by atoms with van der Waals surface area (Å²) in [6.07, 6.45) is 0.287. The maximum Gasteiger partial charge on any atom is 0.254 e. The van der Waals surface area contributed by atoms with Crippen LogP contribution in [0.4, 0.5) is 4.39 Å². The van der Waals surface area contributed by atoms with E-state index in [-0.39, 0.29) is 24.1 Å². The number of halogens is 2. The van der Waals surface area contributed by atoms with Gasteiger partial charge in [0.2, 0.25) is 0 Å². The average molecular weight is 437 g/mol. The molecule has 0 fully saturated rings. The van der Waals surface area contributed by atoms with E-state index in [0.717, 1.165) is 22.4 Å². The van der Waals surface area contributed by atoms with Crippen LogP contribution < -0.4 is 0 Å². The van der Waals surface area contributed by atoms with Crippen LogP contribution in [-0.2, 0) is 11.4 Å². The first-order valence-corrected chi connectivity index (χ1v) is 10.5. The summed E-state index contributed by atoms with van der Waals surface area (Å²) in [5, 5.41) is 4.84. The molecule has 1 aliphatic rings. The molecular formula is C25H22ClFN2O2. The fraction of sp³-hybridized carbons (Fsp3) is 0.200. The van der Waals surface area contributed by atoms with Crippen LogP contribution >= 0.6 is 11.6 Å². The Balaban J connectivity index is 1.54. The van der Waals surface area contributed by atoms with Gasteiger partial charge in [-0.3, -0.25) is 4.79 Å². The van der Waals surface area contributed by atoms with Gasteiger partial charge in [-0.2, -0.15) is 0 Å². The molecule has 0 aromatic heterocycles. The lowest BCUT2D eigenvalue weighted by Gasteiger charge is -2.25. The Labute approximate surface area is 185 Å². The highest BCUT2D eigenvalue weighted by Gasteiger charge is 2.28. The van der Waals surface area contributed by atoms with Crippen molar-refractivity contribution in [2.24, 2.45) is 5.16 Å². The van der Waals surface area contributed by atoms with Crippen LogP contribution in [0.2, 0.25) is 5.02 Å². The van der Waals surface area contributed by atoms with Gasteiger partial charge in [-0.1, -0.05) is 65.3 Å². The van der Waals surface area contributed by atoms with Gasteiger partial charge in [0.15, 0.2) is 6.10 Å². The summed E-state index contributed by atoms with van der Waals surface area (Å²) >= 11 is 6.33. The molecule has 6 heteroatoms. The zero-order chi connectivity index (χ0) is 21.8. The molecule has 1 atom stereocenters. The number of rotatable bonds is 6. The number of carbonyl (C=O) groups excluding carboxylic acids is 1. The molecule has 3 aromatic rings. The number of hydrogen-bond donors (Lipinski definition) is 0. The molecule has 4 nitrogen and oxygen atoms in total. The maximum absolute atomic E-state index is 13.7. The Morgan fingerprint density at radius 3 is 2.68 bits per heavy atom. The topological polar surface area (TPSA) is 41.9 Å². The van der Waals surface area contributed by atoms with Crippen molar-refractivity contribution >= 4 is 23.2 Å². The van der Waals surface area contributed by atoms with Gasteiger partial charge in [0, 0.05) is 29.1 Å². The molecule has 0 saturated carbocycles. The van der Waals surface area contributed by atoms with Crippen molar-refractivity contribution in [1.29, 1.82) is 0 Å². The predicted molar refractivity (Wildman–Crippen MR) is 120 cm³/mol. The molecule has 158 valence electrons. The van der Waals surface area contributed by atoms with Crippen molar-refractivity contribution in [3.63, 3.8) is 0 Å². The molecule has 0 saturated heterocycles. The van der Waals surface area contributed by atoms with Gasteiger partial charge in [-0.05, 0) is 42.3 Å². The second kappa shape index (κ2) is 9.31. The normalized spacial score (nSPS) is 15.3. The highest BCUT2D eigenvalue weighted by atomic mass is 35.5. The minimum atomic E-state index is -0.453. The number of aryl methyl sites for hydroxylation is 1. The average Bonchev–Trinajstić information content (AvgIpc) is 3.23. The Morgan fingerprint density at radius 2 is 1.90 bits per heavy atom. The van der Waals surface area contributed by atoms with Gasteiger partial charge >= 0.3 is 0 Å². The highest BCUT2D eigenvalue weighted by molar-refractivity contribution is 6.31. The SMILES string of the molecule is Cc1ccccc1C1=NOC(CN(Cc2ccccc2Cl)C(=O)c2cccc(F)c2)C1. The third kappa shape index (κ3) is 4.94. The number of carbonyl (C=O) groups is 1. The molecule has 1 amide bonds. The summed E-state index contributed by atoms with van der Waals surface area (Å²) in [7, 11) is 0. The van der Waals surface area contributed by atoms with E-state index in [1.807, 2.05) is 49.4 Å². The highest BCUT2D eigenvalue weighted by Crippen LogP contribution is 2.23. The fourth-order valence-electron chi connectivity index (χ4n) is 3.68. The molecule has 1 heterocycles. The molecule has 0 spiro atoms. The van der Waals surface area contributed by atoms with Crippen LogP contribution in [-0.4, -0.2) is 29.2 Å². The second-order valence-electron chi connectivity index (χ2n) is 7.57. The van der Waals surface area contributed by atoms with Crippen LogP contribution in [0.25, 0.3) is 0 Å². The zero-order valence-electron chi connectivity index (χ0n) is 17.1. The summed E-state index contributed by atoms with van der Waals surface area (Å²) in [6.45, 7) is 2.62. The maximum atomic E-state index is 13.7. The molecule has 0 radical (unpaired) electrons. The van der Waals surface area contributed by atoms with Crippen molar-refractivity contribution in [2.75, 3.05) is 6.54 Å². The lowest BCUT2D eigenvalue weighted by atomic mass is 10.00. The Bertz CT molecular complexity index is 1130. The Kier molecular flexibility index (Phi) is 6.33.